The first-order valence-electron chi connectivity index (χ1n) is 6.51. The Bertz CT molecular complexity index is 651. The smallest absolute Gasteiger partial charge is 0.255 e. The summed E-state index contributed by atoms with van der Waals surface area (Å²) in [7, 11) is 0. The first kappa shape index (κ1) is 13.8. The first-order chi connectivity index (χ1) is 9.60. The van der Waals surface area contributed by atoms with E-state index in [9.17, 15) is 4.79 Å². The lowest BCUT2D eigenvalue weighted by Gasteiger charge is -2.08. The molecule has 3 nitrogen and oxygen atoms in total. The van der Waals surface area contributed by atoms with Crippen LogP contribution in [-0.2, 0) is 0 Å². The van der Waals surface area contributed by atoms with Crippen molar-refractivity contribution in [3.63, 3.8) is 0 Å². The summed E-state index contributed by atoms with van der Waals surface area (Å²) < 4.78 is 0. The molecule has 100 valence electrons. The van der Waals surface area contributed by atoms with Gasteiger partial charge in [0.05, 0.1) is 11.6 Å². The van der Waals surface area contributed by atoms with Crippen LogP contribution in [0.2, 0.25) is 0 Å². The van der Waals surface area contributed by atoms with Crippen molar-refractivity contribution in [2.75, 3.05) is 5.32 Å². The monoisotopic (exact) mass is 264 g/mol. The van der Waals surface area contributed by atoms with E-state index in [1.165, 1.54) is 5.56 Å². The highest BCUT2D eigenvalue weighted by atomic mass is 16.1. The number of hydrogen-bond acceptors (Lipinski definition) is 2. The van der Waals surface area contributed by atoms with Crippen LogP contribution in [0.5, 0.6) is 0 Å². The molecule has 20 heavy (non-hydrogen) atoms. The maximum Gasteiger partial charge on any atom is 0.255 e. The topological polar surface area (TPSA) is 52.9 Å². The van der Waals surface area contributed by atoms with Crippen molar-refractivity contribution in [1.82, 2.24) is 0 Å². The van der Waals surface area contributed by atoms with Gasteiger partial charge in [0.15, 0.2) is 0 Å². The minimum atomic E-state index is -0.171. The third-order valence-corrected chi connectivity index (χ3v) is 3.09. The molecule has 0 aliphatic rings. The van der Waals surface area contributed by atoms with Gasteiger partial charge in [-0.15, -0.1) is 0 Å². The molecule has 0 heterocycles. The van der Waals surface area contributed by atoms with E-state index in [1.54, 1.807) is 24.3 Å². The van der Waals surface area contributed by atoms with Crippen LogP contribution >= 0.6 is 0 Å². The number of benzene rings is 2. The molecule has 1 N–H and O–H groups in total. The zero-order valence-corrected chi connectivity index (χ0v) is 11.6. The Hall–Kier alpha value is -2.60. The average Bonchev–Trinajstić information content (AvgIpc) is 2.47. The van der Waals surface area contributed by atoms with Crippen LogP contribution < -0.4 is 5.32 Å². The number of nitrogens with zero attached hydrogens (tertiary/aromatic N) is 1. The van der Waals surface area contributed by atoms with Crippen LogP contribution in [0.1, 0.15) is 41.3 Å². The van der Waals surface area contributed by atoms with Gasteiger partial charge in [0.1, 0.15) is 0 Å². The van der Waals surface area contributed by atoms with Crippen LogP contribution in [0.25, 0.3) is 0 Å². The number of carbonyl (C=O) groups excluding carboxylic acids is 1. The molecule has 2 aromatic carbocycles. The second-order valence-corrected chi connectivity index (χ2v) is 4.92. The molecule has 0 radical (unpaired) electrons. The van der Waals surface area contributed by atoms with Crippen molar-refractivity contribution in [2.45, 2.75) is 19.8 Å². The van der Waals surface area contributed by atoms with Crippen molar-refractivity contribution < 1.29 is 4.79 Å². The van der Waals surface area contributed by atoms with Gasteiger partial charge in [-0.05, 0) is 41.8 Å². The Balaban J connectivity index is 2.13. The van der Waals surface area contributed by atoms with Crippen molar-refractivity contribution in [1.29, 1.82) is 5.26 Å². The number of nitrogens with one attached hydrogen (secondary N) is 1. The van der Waals surface area contributed by atoms with Gasteiger partial charge in [-0.2, -0.15) is 5.26 Å². The van der Waals surface area contributed by atoms with Gasteiger partial charge < -0.3 is 5.32 Å². The maximum absolute atomic E-state index is 12.1. The molecule has 0 unspecified atom stereocenters. The molecule has 0 saturated heterocycles. The highest BCUT2D eigenvalue weighted by Gasteiger charge is 2.07. The van der Waals surface area contributed by atoms with Crippen LogP contribution in [0.3, 0.4) is 0 Å². The maximum atomic E-state index is 12.1. The van der Waals surface area contributed by atoms with E-state index in [-0.39, 0.29) is 5.91 Å². The fraction of sp³-hybridized carbons (Fsp3) is 0.176. The molecule has 0 atom stereocenters. The summed E-state index contributed by atoms with van der Waals surface area (Å²) in [6, 6.07) is 16.5. The van der Waals surface area contributed by atoms with Crippen LogP contribution in [0, 0.1) is 11.3 Å². The van der Waals surface area contributed by atoms with Crippen molar-refractivity contribution in [2.24, 2.45) is 0 Å². The molecule has 3 heteroatoms. The van der Waals surface area contributed by atoms with Gasteiger partial charge in [0, 0.05) is 11.3 Å². The minimum absolute atomic E-state index is 0.171. The lowest BCUT2D eigenvalue weighted by molar-refractivity contribution is 0.102. The molecule has 2 aromatic rings. The number of carbonyl (C=O) groups is 1. The molecule has 0 spiro atoms. The zero-order chi connectivity index (χ0) is 14.5. The van der Waals surface area contributed by atoms with E-state index in [2.05, 4.69) is 19.2 Å². The van der Waals surface area contributed by atoms with Crippen LogP contribution in [0.4, 0.5) is 5.69 Å². The highest BCUT2D eigenvalue weighted by Crippen LogP contribution is 2.16. The summed E-state index contributed by atoms with van der Waals surface area (Å²) in [5.41, 5.74) is 2.96. The van der Waals surface area contributed by atoms with E-state index in [0.717, 1.165) is 0 Å². The van der Waals surface area contributed by atoms with E-state index < -0.39 is 0 Å². The average molecular weight is 264 g/mol. The molecular formula is C17H16N2O. The second kappa shape index (κ2) is 6.03. The summed E-state index contributed by atoms with van der Waals surface area (Å²) in [6.07, 6.45) is 0. The summed E-state index contributed by atoms with van der Waals surface area (Å²) in [5, 5.41) is 11.6. The number of amides is 1. The van der Waals surface area contributed by atoms with E-state index in [4.69, 9.17) is 5.26 Å². The standard InChI is InChI=1S/C17H16N2O/c1-12(2)14-6-8-15(9-7-14)17(20)19-16-5-3-4-13(10-16)11-18/h3-10,12H,1-2H3,(H,19,20). The Morgan fingerprint density at radius 2 is 1.85 bits per heavy atom. The van der Waals surface area contributed by atoms with Crippen molar-refractivity contribution in [3.05, 3.63) is 65.2 Å². The van der Waals surface area contributed by atoms with E-state index in [0.29, 0.717) is 22.7 Å². The fourth-order valence-electron chi connectivity index (χ4n) is 1.89. The van der Waals surface area contributed by atoms with Gasteiger partial charge in [-0.25, -0.2) is 0 Å². The van der Waals surface area contributed by atoms with Gasteiger partial charge in [0.2, 0.25) is 0 Å². The minimum Gasteiger partial charge on any atom is -0.322 e. The first-order valence-corrected chi connectivity index (χ1v) is 6.51. The van der Waals surface area contributed by atoms with E-state index >= 15 is 0 Å². The Morgan fingerprint density at radius 1 is 1.15 bits per heavy atom. The van der Waals surface area contributed by atoms with Gasteiger partial charge in [0.25, 0.3) is 5.91 Å². The SMILES string of the molecule is CC(C)c1ccc(C(=O)Nc2cccc(C#N)c2)cc1. The largest absolute Gasteiger partial charge is 0.322 e. The van der Waals surface area contributed by atoms with Crippen LogP contribution in [0.15, 0.2) is 48.5 Å². The molecular weight excluding hydrogens is 248 g/mol. The van der Waals surface area contributed by atoms with Gasteiger partial charge in [-0.1, -0.05) is 32.0 Å². The second-order valence-electron chi connectivity index (χ2n) is 4.92. The molecule has 0 aromatic heterocycles. The summed E-state index contributed by atoms with van der Waals surface area (Å²) in [5.74, 6) is 0.273. The number of rotatable bonds is 3. The Morgan fingerprint density at radius 3 is 2.45 bits per heavy atom. The highest BCUT2D eigenvalue weighted by molar-refractivity contribution is 6.04. The molecule has 2 rings (SSSR count). The van der Waals surface area contributed by atoms with E-state index in [1.807, 2.05) is 30.3 Å². The summed E-state index contributed by atoms with van der Waals surface area (Å²) >= 11 is 0. The molecule has 0 aliphatic carbocycles. The fourth-order valence-corrected chi connectivity index (χ4v) is 1.89. The quantitative estimate of drug-likeness (QED) is 0.913. The number of anilines is 1. The predicted octanol–water partition coefficient (Wildman–Crippen LogP) is 3.93. The predicted molar refractivity (Wildman–Crippen MR) is 79.6 cm³/mol. The normalized spacial score (nSPS) is 10.1. The molecule has 1 amide bonds. The summed E-state index contributed by atoms with van der Waals surface area (Å²) in [4.78, 5) is 12.1. The molecule has 0 saturated carbocycles. The lowest BCUT2D eigenvalue weighted by atomic mass is 10.0. The molecule has 0 bridgehead atoms. The zero-order valence-electron chi connectivity index (χ0n) is 11.6. The van der Waals surface area contributed by atoms with Crippen molar-refractivity contribution in [3.8, 4) is 6.07 Å². The third kappa shape index (κ3) is 3.24. The van der Waals surface area contributed by atoms with Crippen molar-refractivity contribution >= 4 is 11.6 Å². The lowest BCUT2D eigenvalue weighted by Crippen LogP contribution is -2.11. The number of hydrogen-bond donors (Lipinski definition) is 1. The van der Waals surface area contributed by atoms with Gasteiger partial charge >= 0.3 is 0 Å². The summed E-state index contributed by atoms with van der Waals surface area (Å²) in [6.45, 7) is 4.23. The number of nitriles is 1. The Kier molecular flexibility index (Phi) is 4.17. The molecule has 0 aliphatic heterocycles. The third-order valence-electron chi connectivity index (χ3n) is 3.09. The van der Waals surface area contributed by atoms with Crippen LogP contribution in [-0.4, -0.2) is 5.91 Å². The van der Waals surface area contributed by atoms with Gasteiger partial charge in [-0.3, -0.25) is 4.79 Å². The Labute approximate surface area is 118 Å². The molecule has 0 fully saturated rings.